The summed E-state index contributed by atoms with van der Waals surface area (Å²) < 4.78 is 31.3. The van der Waals surface area contributed by atoms with Crippen molar-refractivity contribution in [3.63, 3.8) is 0 Å². The van der Waals surface area contributed by atoms with Crippen LogP contribution < -0.4 is 4.74 Å². The van der Waals surface area contributed by atoms with E-state index in [0.29, 0.717) is 12.3 Å². The minimum absolute atomic E-state index is 0.118. The van der Waals surface area contributed by atoms with E-state index in [1.54, 1.807) is 0 Å². The highest BCUT2D eigenvalue weighted by Gasteiger charge is 2.36. The first-order valence-electron chi connectivity index (χ1n) is 6.41. The van der Waals surface area contributed by atoms with E-state index in [2.05, 4.69) is 0 Å². The molecule has 1 aromatic rings. The minimum Gasteiger partial charge on any atom is -0.482 e. The Hall–Kier alpha value is -1.60. The molecule has 0 amide bonds. The summed E-state index contributed by atoms with van der Waals surface area (Å²) in [5.74, 6) is -0.742. The number of rotatable bonds is 7. The van der Waals surface area contributed by atoms with Gasteiger partial charge < -0.3 is 9.84 Å². The third-order valence-electron chi connectivity index (χ3n) is 3.06. The predicted octanol–water partition coefficient (Wildman–Crippen LogP) is 1.32. The Bertz CT molecular complexity index is 577. The van der Waals surface area contributed by atoms with Crippen molar-refractivity contribution >= 4 is 16.0 Å². The molecule has 1 saturated carbocycles. The molecule has 1 fully saturated rings. The Morgan fingerprint density at radius 2 is 1.95 bits per heavy atom. The van der Waals surface area contributed by atoms with Crippen molar-refractivity contribution in [3.05, 3.63) is 24.3 Å². The van der Waals surface area contributed by atoms with Crippen LogP contribution in [-0.2, 0) is 14.8 Å². The molecule has 1 aliphatic rings. The highest BCUT2D eigenvalue weighted by Crippen LogP contribution is 2.32. The second kappa shape index (κ2) is 5.80. The lowest BCUT2D eigenvalue weighted by Gasteiger charge is -2.20. The first-order valence-corrected chi connectivity index (χ1v) is 7.85. The number of aliphatic carboxylic acids is 1. The van der Waals surface area contributed by atoms with Gasteiger partial charge in [-0.05, 0) is 37.1 Å². The largest absolute Gasteiger partial charge is 0.482 e. The highest BCUT2D eigenvalue weighted by atomic mass is 32.2. The Labute approximate surface area is 118 Å². The summed E-state index contributed by atoms with van der Waals surface area (Å²) in [7, 11) is -3.47. The van der Waals surface area contributed by atoms with E-state index in [0.717, 1.165) is 12.8 Å². The van der Waals surface area contributed by atoms with E-state index in [9.17, 15) is 13.2 Å². The van der Waals surface area contributed by atoms with Gasteiger partial charge in [-0.3, -0.25) is 0 Å². The quantitative estimate of drug-likeness (QED) is 0.821. The van der Waals surface area contributed by atoms with Crippen LogP contribution in [0.5, 0.6) is 5.75 Å². The smallest absolute Gasteiger partial charge is 0.341 e. The van der Waals surface area contributed by atoms with Crippen LogP contribution in [0.1, 0.15) is 19.8 Å². The minimum atomic E-state index is -3.47. The van der Waals surface area contributed by atoms with Crippen LogP contribution in [0.4, 0.5) is 0 Å². The lowest BCUT2D eigenvalue weighted by molar-refractivity contribution is -0.139. The normalized spacial score (nSPS) is 15.3. The zero-order chi connectivity index (χ0) is 14.8. The third kappa shape index (κ3) is 3.29. The fraction of sp³-hybridized carbons (Fsp3) is 0.462. The maximum atomic E-state index is 12.4. The van der Waals surface area contributed by atoms with Crippen LogP contribution >= 0.6 is 0 Å². The number of hydrogen-bond acceptors (Lipinski definition) is 4. The summed E-state index contributed by atoms with van der Waals surface area (Å²) >= 11 is 0. The van der Waals surface area contributed by atoms with Crippen molar-refractivity contribution in [1.82, 2.24) is 4.31 Å². The lowest BCUT2D eigenvalue weighted by atomic mass is 10.3. The molecule has 0 saturated heterocycles. The number of nitrogens with zero attached hydrogens (tertiary/aromatic N) is 1. The number of benzene rings is 1. The number of carboxylic acids is 1. The molecule has 0 aliphatic heterocycles. The van der Waals surface area contributed by atoms with Crippen LogP contribution in [-0.4, -0.2) is 43.0 Å². The first kappa shape index (κ1) is 14.8. The molecular weight excluding hydrogens is 282 g/mol. The molecule has 110 valence electrons. The van der Waals surface area contributed by atoms with Gasteiger partial charge in [0.25, 0.3) is 0 Å². The van der Waals surface area contributed by atoms with Gasteiger partial charge in [0, 0.05) is 12.6 Å². The number of hydrogen-bond donors (Lipinski definition) is 1. The van der Waals surface area contributed by atoms with E-state index in [-0.39, 0.29) is 10.9 Å². The van der Waals surface area contributed by atoms with E-state index < -0.39 is 22.6 Å². The van der Waals surface area contributed by atoms with E-state index >= 15 is 0 Å². The summed E-state index contributed by atoms with van der Waals surface area (Å²) in [5.41, 5.74) is 0. The van der Waals surface area contributed by atoms with E-state index in [1.807, 2.05) is 6.92 Å². The second-order valence-corrected chi connectivity index (χ2v) is 6.48. The number of carboxylic acid groups (broad SMARTS) is 1. The molecule has 20 heavy (non-hydrogen) atoms. The fourth-order valence-electron chi connectivity index (χ4n) is 1.98. The fourth-order valence-corrected chi connectivity index (χ4v) is 3.67. The zero-order valence-corrected chi connectivity index (χ0v) is 12.0. The van der Waals surface area contributed by atoms with Gasteiger partial charge in [0.1, 0.15) is 5.75 Å². The zero-order valence-electron chi connectivity index (χ0n) is 11.2. The van der Waals surface area contributed by atoms with Gasteiger partial charge >= 0.3 is 5.97 Å². The number of carbonyl (C=O) groups is 1. The Kier molecular flexibility index (Phi) is 4.29. The summed E-state index contributed by atoms with van der Waals surface area (Å²) in [4.78, 5) is 10.6. The second-order valence-electron chi connectivity index (χ2n) is 4.59. The SMILES string of the molecule is CCN(C1CC1)S(=O)(=O)c1ccc(OCC(=O)O)cc1. The molecule has 0 bridgehead atoms. The van der Waals surface area contributed by atoms with Gasteiger partial charge in [-0.25, -0.2) is 13.2 Å². The molecule has 2 rings (SSSR count). The highest BCUT2D eigenvalue weighted by molar-refractivity contribution is 7.89. The molecular formula is C13H17NO5S. The van der Waals surface area contributed by atoms with Crippen molar-refractivity contribution in [2.75, 3.05) is 13.2 Å². The van der Waals surface area contributed by atoms with Crippen molar-refractivity contribution < 1.29 is 23.1 Å². The summed E-state index contributed by atoms with van der Waals surface area (Å²) in [6.45, 7) is 1.82. The van der Waals surface area contributed by atoms with Crippen LogP contribution in [0, 0.1) is 0 Å². The van der Waals surface area contributed by atoms with Gasteiger partial charge in [0.15, 0.2) is 6.61 Å². The van der Waals surface area contributed by atoms with E-state index in [1.165, 1.54) is 28.6 Å². The molecule has 6 nitrogen and oxygen atoms in total. The third-order valence-corrected chi connectivity index (χ3v) is 5.10. The molecule has 0 heterocycles. The van der Waals surface area contributed by atoms with Crippen molar-refractivity contribution in [3.8, 4) is 5.75 Å². The monoisotopic (exact) mass is 299 g/mol. The van der Waals surface area contributed by atoms with Gasteiger partial charge in [-0.15, -0.1) is 0 Å². The van der Waals surface area contributed by atoms with Crippen LogP contribution in [0.15, 0.2) is 29.2 Å². The maximum Gasteiger partial charge on any atom is 0.341 e. The Morgan fingerprint density at radius 1 is 1.35 bits per heavy atom. The summed E-state index contributed by atoms with van der Waals surface area (Å²) in [5, 5.41) is 8.50. The van der Waals surface area contributed by atoms with Crippen LogP contribution in [0.2, 0.25) is 0 Å². The van der Waals surface area contributed by atoms with Gasteiger partial charge in [-0.1, -0.05) is 6.92 Å². The van der Waals surface area contributed by atoms with Gasteiger partial charge in [0.05, 0.1) is 4.90 Å². The summed E-state index contributed by atoms with van der Waals surface area (Å²) in [6.07, 6.45) is 1.82. The first-order chi connectivity index (χ1) is 9.45. The van der Waals surface area contributed by atoms with Crippen molar-refractivity contribution in [2.45, 2.75) is 30.7 Å². The molecule has 0 spiro atoms. The topological polar surface area (TPSA) is 83.9 Å². The Balaban J connectivity index is 2.14. The maximum absolute atomic E-state index is 12.4. The number of ether oxygens (including phenoxy) is 1. The van der Waals surface area contributed by atoms with Crippen LogP contribution in [0.3, 0.4) is 0 Å². The Morgan fingerprint density at radius 3 is 2.40 bits per heavy atom. The molecule has 7 heteroatoms. The molecule has 0 atom stereocenters. The lowest BCUT2D eigenvalue weighted by Crippen LogP contribution is -2.32. The molecule has 0 radical (unpaired) electrons. The van der Waals surface area contributed by atoms with Gasteiger partial charge in [0.2, 0.25) is 10.0 Å². The van der Waals surface area contributed by atoms with Crippen molar-refractivity contribution in [1.29, 1.82) is 0 Å². The summed E-state index contributed by atoms with van der Waals surface area (Å²) in [6, 6.07) is 5.94. The molecule has 1 N–H and O–H groups in total. The molecule has 1 aromatic carbocycles. The molecule has 1 aliphatic carbocycles. The standard InChI is InChI=1S/C13H17NO5S/c1-2-14(10-3-4-10)20(17,18)12-7-5-11(6-8-12)19-9-13(15)16/h5-8,10H,2-4,9H2,1H3,(H,15,16). The van der Waals surface area contributed by atoms with E-state index in [4.69, 9.17) is 9.84 Å². The number of sulfonamides is 1. The molecule has 0 aromatic heterocycles. The van der Waals surface area contributed by atoms with Crippen molar-refractivity contribution in [2.24, 2.45) is 0 Å². The predicted molar refractivity (Wildman–Crippen MR) is 72.2 cm³/mol. The van der Waals surface area contributed by atoms with Gasteiger partial charge in [-0.2, -0.15) is 4.31 Å². The average Bonchev–Trinajstić information content (AvgIpc) is 3.22. The molecule has 0 unspecified atom stereocenters. The van der Waals surface area contributed by atoms with Crippen LogP contribution in [0.25, 0.3) is 0 Å². The average molecular weight is 299 g/mol.